The number of pyridine rings is 1. The van der Waals surface area contributed by atoms with Crippen molar-refractivity contribution in [1.29, 1.82) is 0 Å². The van der Waals surface area contributed by atoms with Crippen LogP contribution < -0.4 is 5.46 Å². The number of nitrogens with zero attached hydrogens (tertiary/aromatic N) is 2. The Labute approximate surface area is 160 Å². The van der Waals surface area contributed by atoms with Gasteiger partial charge in [0.2, 0.25) is 0 Å². The van der Waals surface area contributed by atoms with Crippen LogP contribution in [0.5, 0.6) is 0 Å². The summed E-state index contributed by atoms with van der Waals surface area (Å²) in [6.07, 6.45) is 3.62. The van der Waals surface area contributed by atoms with E-state index >= 15 is 0 Å². The first-order valence-electron chi connectivity index (χ1n) is 9.27. The summed E-state index contributed by atoms with van der Waals surface area (Å²) in [5.74, 6) is 0. The Hall–Kier alpha value is -2.18. The quantitative estimate of drug-likeness (QED) is 0.337. The van der Waals surface area contributed by atoms with Gasteiger partial charge >= 0.3 is 7.12 Å². The van der Waals surface area contributed by atoms with Crippen molar-refractivity contribution in [2.75, 3.05) is 0 Å². The third kappa shape index (κ3) is 3.51. The number of benzene rings is 1. The van der Waals surface area contributed by atoms with Gasteiger partial charge in [-0.1, -0.05) is 45.0 Å². The summed E-state index contributed by atoms with van der Waals surface area (Å²) in [7, 11) is -1.57. The zero-order chi connectivity index (χ0) is 20.0. The lowest BCUT2D eigenvalue weighted by Gasteiger charge is -2.42. The summed E-state index contributed by atoms with van der Waals surface area (Å²) >= 11 is 0. The van der Waals surface area contributed by atoms with E-state index in [1.807, 2.05) is 6.92 Å². The van der Waals surface area contributed by atoms with Crippen molar-refractivity contribution < 1.29 is 15.3 Å². The summed E-state index contributed by atoms with van der Waals surface area (Å²) in [6, 6.07) is 7.55. The number of aromatic nitrogens is 1. The number of fused-ring (bicyclic) bond motifs is 1. The highest BCUT2D eigenvalue weighted by atomic mass is 16.4. The first kappa shape index (κ1) is 19.6. The van der Waals surface area contributed by atoms with Gasteiger partial charge in [-0.3, -0.25) is 4.98 Å². The molecule has 1 aromatic heterocycles. The normalized spacial score (nSPS) is 18.1. The van der Waals surface area contributed by atoms with Crippen molar-refractivity contribution in [3.8, 4) is 0 Å². The van der Waals surface area contributed by atoms with E-state index in [1.54, 1.807) is 12.1 Å². The van der Waals surface area contributed by atoms with E-state index in [4.69, 9.17) is 0 Å². The smallest absolute Gasteiger partial charge is 0.423 e. The van der Waals surface area contributed by atoms with E-state index in [-0.39, 0.29) is 10.8 Å². The number of oxime groups is 1. The molecule has 0 radical (unpaired) electrons. The van der Waals surface area contributed by atoms with Crippen LogP contribution in [0.2, 0.25) is 0 Å². The molecule has 1 heterocycles. The van der Waals surface area contributed by atoms with Crippen molar-refractivity contribution in [3.05, 3.63) is 58.4 Å². The second kappa shape index (κ2) is 6.77. The standard InChI is InChI=1S/C21H27BN2O3/c1-13-10-16-17(21(4,5)9-8-20(16,2)3)11-15(13)19(24-27)18-7-6-14(12-23-18)22(25)26/h6-7,10-12,25-27H,8-9H2,1-5H3/b24-19+. The lowest BCUT2D eigenvalue weighted by molar-refractivity contribution is 0.319. The molecule has 3 N–H and O–H groups in total. The average molecular weight is 366 g/mol. The van der Waals surface area contributed by atoms with Crippen LogP contribution >= 0.6 is 0 Å². The lowest BCUT2D eigenvalue weighted by atomic mass is 9.62. The highest BCUT2D eigenvalue weighted by molar-refractivity contribution is 6.58. The van der Waals surface area contributed by atoms with Crippen LogP contribution in [0, 0.1) is 6.92 Å². The van der Waals surface area contributed by atoms with E-state index < -0.39 is 7.12 Å². The second-order valence-corrected chi connectivity index (χ2v) is 8.78. The van der Waals surface area contributed by atoms with Gasteiger partial charge in [-0.25, -0.2) is 0 Å². The molecule has 0 fully saturated rings. The Morgan fingerprint density at radius 2 is 1.63 bits per heavy atom. The van der Waals surface area contributed by atoms with Crippen LogP contribution in [0.25, 0.3) is 0 Å². The first-order valence-corrected chi connectivity index (χ1v) is 9.27. The SMILES string of the molecule is Cc1cc2c(cc1/C(=N\O)c1ccc(B(O)O)cn1)C(C)(C)CCC2(C)C. The average Bonchev–Trinajstić information content (AvgIpc) is 2.61. The molecule has 1 aliphatic carbocycles. The van der Waals surface area contributed by atoms with Crippen LogP contribution in [-0.2, 0) is 10.8 Å². The molecule has 142 valence electrons. The lowest BCUT2D eigenvalue weighted by Crippen LogP contribution is -2.34. The summed E-state index contributed by atoms with van der Waals surface area (Å²) in [4.78, 5) is 4.25. The molecule has 0 bridgehead atoms. The Morgan fingerprint density at radius 1 is 1.04 bits per heavy atom. The highest BCUT2D eigenvalue weighted by Crippen LogP contribution is 2.46. The minimum Gasteiger partial charge on any atom is -0.423 e. The summed E-state index contributed by atoms with van der Waals surface area (Å²) in [5, 5.41) is 31.7. The van der Waals surface area contributed by atoms with Gasteiger partial charge in [0.15, 0.2) is 0 Å². The van der Waals surface area contributed by atoms with Crippen molar-refractivity contribution in [2.24, 2.45) is 5.16 Å². The van der Waals surface area contributed by atoms with E-state index in [9.17, 15) is 15.3 Å². The highest BCUT2D eigenvalue weighted by Gasteiger charge is 2.37. The summed E-state index contributed by atoms with van der Waals surface area (Å²) < 4.78 is 0. The van der Waals surface area contributed by atoms with Crippen molar-refractivity contribution >= 4 is 18.3 Å². The first-order chi connectivity index (χ1) is 12.6. The van der Waals surface area contributed by atoms with Crippen LogP contribution in [0.3, 0.4) is 0 Å². The molecular weight excluding hydrogens is 339 g/mol. The fourth-order valence-corrected chi connectivity index (χ4v) is 3.92. The van der Waals surface area contributed by atoms with E-state index in [0.717, 1.165) is 24.0 Å². The zero-order valence-corrected chi connectivity index (χ0v) is 16.6. The van der Waals surface area contributed by atoms with Gasteiger partial charge in [0.05, 0.1) is 5.69 Å². The molecule has 0 aliphatic heterocycles. The van der Waals surface area contributed by atoms with Gasteiger partial charge in [-0.2, -0.15) is 0 Å². The predicted octanol–water partition coefficient (Wildman–Crippen LogP) is 2.65. The fraction of sp³-hybridized carbons (Fsp3) is 0.429. The van der Waals surface area contributed by atoms with Crippen LogP contribution in [0.1, 0.15) is 68.5 Å². The van der Waals surface area contributed by atoms with Crippen molar-refractivity contribution in [2.45, 2.75) is 58.3 Å². The van der Waals surface area contributed by atoms with Crippen LogP contribution in [0.15, 0.2) is 35.6 Å². The molecular formula is C21H27BN2O3. The third-order valence-corrected chi connectivity index (χ3v) is 5.88. The minimum atomic E-state index is -1.57. The topological polar surface area (TPSA) is 85.9 Å². The maximum atomic E-state index is 9.72. The molecule has 0 saturated heterocycles. The monoisotopic (exact) mass is 366 g/mol. The van der Waals surface area contributed by atoms with Crippen molar-refractivity contribution in [3.63, 3.8) is 0 Å². The molecule has 0 unspecified atom stereocenters. The number of hydrogen-bond donors (Lipinski definition) is 3. The van der Waals surface area contributed by atoms with Gasteiger partial charge in [-0.15, -0.1) is 0 Å². The maximum Gasteiger partial charge on any atom is 0.490 e. The Bertz CT molecular complexity index is 887. The minimum absolute atomic E-state index is 0.0478. The van der Waals surface area contributed by atoms with Gasteiger partial charge in [-0.05, 0) is 59.4 Å². The summed E-state index contributed by atoms with van der Waals surface area (Å²) in [6.45, 7) is 11.1. The third-order valence-electron chi connectivity index (χ3n) is 5.88. The van der Waals surface area contributed by atoms with E-state index in [0.29, 0.717) is 16.9 Å². The number of hydrogen-bond acceptors (Lipinski definition) is 5. The molecule has 0 amide bonds. The van der Waals surface area contributed by atoms with E-state index in [1.165, 1.54) is 17.3 Å². The molecule has 0 spiro atoms. The Kier molecular flexibility index (Phi) is 4.91. The second-order valence-electron chi connectivity index (χ2n) is 8.78. The predicted molar refractivity (Wildman–Crippen MR) is 108 cm³/mol. The Balaban J connectivity index is 2.13. The molecule has 6 heteroatoms. The maximum absolute atomic E-state index is 9.72. The molecule has 1 aromatic carbocycles. The zero-order valence-electron chi connectivity index (χ0n) is 16.6. The molecule has 3 rings (SSSR count). The van der Waals surface area contributed by atoms with Crippen molar-refractivity contribution in [1.82, 2.24) is 4.98 Å². The summed E-state index contributed by atoms with van der Waals surface area (Å²) in [5.41, 5.74) is 5.82. The molecule has 0 saturated carbocycles. The van der Waals surface area contributed by atoms with Gasteiger partial charge in [0, 0.05) is 17.2 Å². The largest absolute Gasteiger partial charge is 0.490 e. The van der Waals surface area contributed by atoms with Crippen LogP contribution in [-0.4, -0.2) is 33.1 Å². The Morgan fingerprint density at radius 3 is 2.11 bits per heavy atom. The molecule has 2 aromatic rings. The number of rotatable bonds is 3. The van der Waals surface area contributed by atoms with Gasteiger partial charge < -0.3 is 15.3 Å². The number of aryl methyl sites for hydroxylation is 1. The van der Waals surface area contributed by atoms with E-state index in [2.05, 4.69) is 50.0 Å². The molecule has 1 aliphatic rings. The fourth-order valence-electron chi connectivity index (χ4n) is 3.92. The van der Waals surface area contributed by atoms with Crippen LogP contribution in [0.4, 0.5) is 0 Å². The van der Waals surface area contributed by atoms with Gasteiger partial charge in [0.1, 0.15) is 5.71 Å². The molecule has 5 nitrogen and oxygen atoms in total. The molecule has 0 atom stereocenters. The van der Waals surface area contributed by atoms with Gasteiger partial charge in [0.25, 0.3) is 0 Å². The molecule has 27 heavy (non-hydrogen) atoms.